The van der Waals surface area contributed by atoms with E-state index in [0.29, 0.717) is 11.3 Å². The average molecular weight is 214 g/mol. The maximum atomic E-state index is 13.3. The summed E-state index contributed by atoms with van der Waals surface area (Å²) in [5.41, 5.74) is 0.551. The van der Waals surface area contributed by atoms with Gasteiger partial charge in [0.1, 0.15) is 5.82 Å². The van der Waals surface area contributed by atoms with E-state index in [2.05, 4.69) is 0 Å². The van der Waals surface area contributed by atoms with E-state index in [9.17, 15) is 9.18 Å². The fraction of sp³-hybridized carbons (Fsp3) is 0.300. The zero-order chi connectivity index (χ0) is 10.6. The van der Waals surface area contributed by atoms with E-state index < -0.39 is 11.8 Å². The van der Waals surface area contributed by atoms with Crippen molar-refractivity contribution in [2.45, 2.75) is 12.7 Å². The molecule has 0 spiro atoms. The molecule has 0 saturated heterocycles. The third-order valence-corrected chi connectivity index (χ3v) is 2.69. The van der Waals surface area contributed by atoms with E-state index in [0.717, 1.165) is 11.8 Å². The lowest BCUT2D eigenvalue weighted by atomic mass is 10.1. The van der Waals surface area contributed by atoms with Gasteiger partial charge < -0.3 is 5.11 Å². The molecule has 0 unspecified atom stereocenters. The summed E-state index contributed by atoms with van der Waals surface area (Å²) in [5, 5.41) is 8.60. The van der Waals surface area contributed by atoms with Gasteiger partial charge in [0.25, 0.3) is 0 Å². The predicted molar refractivity (Wildman–Crippen MR) is 55.2 cm³/mol. The van der Waals surface area contributed by atoms with Crippen molar-refractivity contribution in [3.05, 3.63) is 35.1 Å². The summed E-state index contributed by atoms with van der Waals surface area (Å²) in [6.07, 6.45) is 0. The molecular formula is C10H11FO2S. The minimum Gasteiger partial charge on any atom is -0.478 e. The third kappa shape index (κ3) is 2.73. The molecule has 0 aromatic heterocycles. The molecule has 1 aromatic rings. The highest BCUT2D eigenvalue weighted by atomic mass is 32.2. The molecule has 0 aliphatic carbocycles. The Balaban J connectivity index is 2.84. The van der Waals surface area contributed by atoms with Gasteiger partial charge in [-0.2, -0.15) is 11.8 Å². The smallest absolute Gasteiger partial charge is 0.335 e. The van der Waals surface area contributed by atoms with Gasteiger partial charge in [0.2, 0.25) is 0 Å². The lowest BCUT2D eigenvalue weighted by Crippen LogP contribution is -1.98. The molecule has 0 amide bonds. The van der Waals surface area contributed by atoms with Crippen LogP contribution in [0.1, 0.15) is 22.8 Å². The molecule has 76 valence electrons. The van der Waals surface area contributed by atoms with Crippen LogP contribution in [0.15, 0.2) is 18.2 Å². The van der Waals surface area contributed by atoms with Crippen molar-refractivity contribution in [1.29, 1.82) is 0 Å². The minimum absolute atomic E-state index is 0.00671. The largest absolute Gasteiger partial charge is 0.478 e. The Morgan fingerprint density at radius 2 is 2.29 bits per heavy atom. The fourth-order valence-electron chi connectivity index (χ4n) is 1.01. The lowest BCUT2D eigenvalue weighted by molar-refractivity contribution is 0.0696. The molecule has 1 rings (SSSR count). The number of carbonyl (C=O) groups is 1. The fourth-order valence-corrected chi connectivity index (χ4v) is 1.67. The van der Waals surface area contributed by atoms with Crippen molar-refractivity contribution in [1.82, 2.24) is 0 Å². The van der Waals surface area contributed by atoms with Crippen LogP contribution >= 0.6 is 11.8 Å². The summed E-state index contributed by atoms with van der Waals surface area (Å²) in [5.74, 6) is -0.0352. The number of rotatable bonds is 4. The second kappa shape index (κ2) is 5.00. The van der Waals surface area contributed by atoms with E-state index in [1.807, 2.05) is 6.92 Å². The summed E-state index contributed by atoms with van der Waals surface area (Å²) < 4.78 is 13.3. The summed E-state index contributed by atoms with van der Waals surface area (Å²) >= 11 is 1.60. The molecule has 4 heteroatoms. The van der Waals surface area contributed by atoms with Crippen LogP contribution in [-0.4, -0.2) is 16.8 Å². The third-order valence-electron chi connectivity index (χ3n) is 1.76. The van der Waals surface area contributed by atoms with Gasteiger partial charge in [-0.3, -0.25) is 0 Å². The summed E-state index contributed by atoms with van der Waals surface area (Å²) in [6.45, 7) is 1.99. The van der Waals surface area contributed by atoms with Gasteiger partial charge in [-0.05, 0) is 23.4 Å². The second-order valence-corrected chi connectivity index (χ2v) is 4.02. The van der Waals surface area contributed by atoms with Crippen LogP contribution in [-0.2, 0) is 5.75 Å². The van der Waals surface area contributed by atoms with Crippen LogP contribution in [0.3, 0.4) is 0 Å². The molecule has 0 aliphatic rings. The summed E-state index contributed by atoms with van der Waals surface area (Å²) in [7, 11) is 0. The maximum absolute atomic E-state index is 13.3. The molecule has 0 heterocycles. The highest BCUT2D eigenvalue weighted by molar-refractivity contribution is 7.98. The minimum atomic E-state index is -1.10. The Morgan fingerprint density at radius 1 is 1.57 bits per heavy atom. The zero-order valence-corrected chi connectivity index (χ0v) is 8.60. The molecule has 14 heavy (non-hydrogen) atoms. The Morgan fingerprint density at radius 3 is 2.79 bits per heavy atom. The van der Waals surface area contributed by atoms with E-state index in [-0.39, 0.29) is 5.56 Å². The van der Waals surface area contributed by atoms with Gasteiger partial charge in [-0.25, -0.2) is 9.18 Å². The zero-order valence-electron chi connectivity index (χ0n) is 7.79. The first-order valence-electron chi connectivity index (χ1n) is 4.24. The van der Waals surface area contributed by atoms with Gasteiger partial charge in [0.15, 0.2) is 0 Å². The van der Waals surface area contributed by atoms with Crippen LogP contribution in [0, 0.1) is 5.82 Å². The standard InChI is InChI=1S/C10H11FO2S/c1-2-14-6-8-4-3-7(10(12)13)5-9(8)11/h3-5H,2,6H2,1H3,(H,12,13). The van der Waals surface area contributed by atoms with Crippen molar-refractivity contribution in [3.63, 3.8) is 0 Å². The lowest BCUT2D eigenvalue weighted by Gasteiger charge is -2.02. The van der Waals surface area contributed by atoms with Crippen molar-refractivity contribution in [2.75, 3.05) is 5.75 Å². The van der Waals surface area contributed by atoms with Crippen LogP contribution < -0.4 is 0 Å². The quantitative estimate of drug-likeness (QED) is 0.837. The molecule has 0 radical (unpaired) electrons. The number of hydrogen-bond acceptors (Lipinski definition) is 2. The number of thioether (sulfide) groups is 1. The molecule has 1 aromatic carbocycles. The van der Waals surface area contributed by atoms with Gasteiger partial charge in [0.05, 0.1) is 5.56 Å². The van der Waals surface area contributed by atoms with Crippen molar-refractivity contribution in [3.8, 4) is 0 Å². The molecule has 0 aliphatic heterocycles. The van der Waals surface area contributed by atoms with E-state index in [4.69, 9.17) is 5.11 Å². The van der Waals surface area contributed by atoms with Crippen LogP contribution in [0.5, 0.6) is 0 Å². The van der Waals surface area contributed by atoms with Gasteiger partial charge in [-0.15, -0.1) is 0 Å². The van der Waals surface area contributed by atoms with Crippen LogP contribution in [0.25, 0.3) is 0 Å². The number of halogens is 1. The maximum Gasteiger partial charge on any atom is 0.335 e. The number of benzene rings is 1. The Hall–Kier alpha value is -1.03. The first-order valence-corrected chi connectivity index (χ1v) is 5.40. The van der Waals surface area contributed by atoms with E-state index >= 15 is 0 Å². The molecule has 1 N–H and O–H groups in total. The second-order valence-electron chi connectivity index (χ2n) is 2.75. The summed E-state index contributed by atoms with van der Waals surface area (Å²) in [6, 6.07) is 4.02. The molecule has 0 saturated carbocycles. The highest BCUT2D eigenvalue weighted by Gasteiger charge is 2.07. The number of carboxylic acids is 1. The molecular weight excluding hydrogens is 203 g/mol. The molecule has 0 bridgehead atoms. The molecule has 0 atom stereocenters. The Bertz CT molecular complexity index is 339. The number of carboxylic acid groups (broad SMARTS) is 1. The SMILES string of the molecule is CCSCc1ccc(C(=O)O)cc1F. The van der Waals surface area contributed by atoms with Crippen LogP contribution in [0.4, 0.5) is 4.39 Å². The molecule has 2 nitrogen and oxygen atoms in total. The first kappa shape index (κ1) is 11.0. The van der Waals surface area contributed by atoms with Crippen molar-refractivity contribution >= 4 is 17.7 Å². The number of aromatic carboxylic acids is 1. The van der Waals surface area contributed by atoms with Gasteiger partial charge >= 0.3 is 5.97 Å². The Labute approximate surface area is 86.1 Å². The first-order chi connectivity index (χ1) is 6.65. The van der Waals surface area contributed by atoms with Gasteiger partial charge in [-0.1, -0.05) is 13.0 Å². The van der Waals surface area contributed by atoms with Crippen molar-refractivity contribution < 1.29 is 14.3 Å². The monoisotopic (exact) mass is 214 g/mol. The van der Waals surface area contributed by atoms with E-state index in [1.165, 1.54) is 12.1 Å². The topological polar surface area (TPSA) is 37.3 Å². The normalized spacial score (nSPS) is 10.1. The van der Waals surface area contributed by atoms with Crippen molar-refractivity contribution in [2.24, 2.45) is 0 Å². The summed E-state index contributed by atoms with van der Waals surface area (Å²) in [4.78, 5) is 10.5. The Kier molecular flexibility index (Phi) is 3.95. The van der Waals surface area contributed by atoms with Gasteiger partial charge in [0, 0.05) is 5.75 Å². The highest BCUT2D eigenvalue weighted by Crippen LogP contribution is 2.16. The van der Waals surface area contributed by atoms with Crippen LogP contribution in [0.2, 0.25) is 0 Å². The molecule has 0 fully saturated rings. The number of hydrogen-bond donors (Lipinski definition) is 1. The van der Waals surface area contributed by atoms with E-state index in [1.54, 1.807) is 11.8 Å². The average Bonchev–Trinajstić information content (AvgIpc) is 2.15. The predicted octanol–water partition coefficient (Wildman–Crippen LogP) is 2.78.